The van der Waals surface area contributed by atoms with Crippen LogP contribution >= 0.6 is 22.7 Å². The van der Waals surface area contributed by atoms with Crippen molar-refractivity contribution in [3.63, 3.8) is 0 Å². The molecule has 0 atom stereocenters. The third-order valence-corrected chi connectivity index (χ3v) is 5.81. The Kier molecular flexibility index (Phi) is 5.81. The number of thiazole rings is 1. The number of nitrogens with zero attached hydrogens (tertiary/aromatic N) is 3. The highest BCUT2D eigenvalue weighted by Crippen LogP contribution is 2.24. The largest absolute Gasteiger partial charge is 0.462 e. The average molecular weight is 417 g/mol. The average Bonchev–Trinajstić information content (AvgIpc) is 3.25. The number of aryl methyl sites for hydroxylation is 1. The van der Waals surface area contributed by atoms with Crippen LogP contribution < -0.4 is 4.80 Å². The summed E-state index contributed by atoms with van der Waals surface area (Å²) < 4.78 is 7.56. The summed E-state index contributed by atoms with van der Waals surface area (Å²) in [6.07, 6.45) is 2.76. The molecule has 0 saturated carbocycles. The molecule has 144 valence electrons. The van der Waals surface area contributed by atoms with Gasteiger partial charge in [-0.3, -0.25) is 14.9 Å². The van der Waals surface area contributed by atoms with Crippen LogP contribution in [0.1, 0.15) is 22.2 Å². The molecule has 0 spiro atoms. The monoisotopic (exact) mass is 417 g/mol. The van der Waals surface area contributed by atoms with E-state index in [4.69, 9.17) is 4.74 Å². The second-order valence-electron chi connectivity index (χ2n) is 5.56. The van der Waals surface area contributed by atoms with E-state index in [0.717, 1.165) is 21.6 Å². The van der Waals surface area contributed by atoms with Gasteiger partial charge in [-0.25, -0.2) is 4.79 Å². The minimum absolute atomic E-state index is 0.0114. The lowest BCUT2D eigenvalue weighted by atomic mass is 10.2. The Morgan fingerprint density at radius 1 is 1.29 bits per heavy atom. The van der Waals surface area contributed by atoms with Gasteiger partial charge in [0, 0.05) is 24.1 Å². The third-order valence-electron chi connectivity index (χ3n) is 3.71. The molecule has 0 bridgehead atoms. The van der Waals surface area contributed by atoms with Crippen molar-refractivity contribution in [2.75, 3.05) is 6.61 Å². The van der Waals surface area contributed by atoms with Gasteiger partial charge < -0.3 is 9.30 Å². The van der Waals surface area contributed by atoms with Crippen molar-refractivity contribution >= 4 is 55.8 Å². The van der Waals surface area contributed by atoms with Gasteiger partial charge in [0.15, 0.2) is 4.80 Å². The van der Waals surface area contributed by atoms with Crippen molar-refractivity contribution in [2.45, 2.75) is 6.92 Å². The summed E-state index contributed by atoms with van der Waals surface area (Å²) in [6.45, 7) is 2.04. The topological polar surface area (TPSA) is 104 Å². The minimum Gasteiger partial charge on any atom is -0.462 e. The molecular weight excluding hydrogens is 402 g/mol. The molecule has 0 radical (unpaired) electrons. The standard InChI is InChI=1S/C18H15N3O5S2/c1-3-26-17(23)11-4-7-13-14(10-11)28-18(20(13)2)19-15(22)8-5-12-6-9-16(27-12)21(24)25/h4-10H,3H2,1-2H3. The highest BCUT2D eigenvalue weighted by molar-refractivity contribution is 7.16. The number of aromatic nitrogens is 1. The highest BCUT2D eigenvalue weighted by atomic mass is 32.1. The number of hydrogen-bond acceptors (Lipinski definition) is 7. The number of fused-ring (bicyclic) bond motifs is 1. The van der Waals surface area contributed by atoms with E-state index in [-0.39, 0.29) is 5.00 Å². The summed E-state index contributed by atoms with van der Waals surface area (Å²) in [5.41, 5.74) is 1.27. The minimum atomic E-state index is -0.483. The maximum absolute atomic E-state index is 12.2. The van der Waals surface area contributed by atoms with Crippen LogP contribution in [-0.4, -0.2) is 28.0 Å². The van der Waals surface area contributed by atoms with Crippen LogP contribution in [0.4, 0.5) is 5.00 Å². The molecule has 8 nitrogen and oxygen atoms in total. The summed E-state index contributed by atoms with van der Waals surface area (Å²) in [5.74, 6) is -0.883. The van der Waals surface area contributed by atoms with E-state index in [1.807, 2.05) is 0 Å². The molecule has 0 N–H and O–H groups in total. The fraction of sp³-hybridized carbons (Fsp3) is 0.167. The number of ether oxygens (including phenoxy) is 1. The second-order valence-corrected chi connectivity index (χ2v) is 7.67. The molecule has 10 heteroatoms. The Morgan fingerprint density at radius 3 is 2.75 bits per heavy atom. The van der Waals surface area contributed by atoms with Crippen LogP contribution in [0, 0.1) is 10.1 Å². The van der Waals surface area contributed by atoms with Crippen molar-refractivity contribution in [2.24, 2.45) is 12.0 Å². The summed E-state index contributed by atoms with van der Waals surface area (Å²) in [4.78, 5) is 39.4. The van der Waals surface area contributed by atoms with Crippen LogP contribution in [0.25, 0.3) is 16.3 Å². The van der Waals surface area contributed by atoms with Gasteiger partial charge in [-0.05, 0) is 37.3 Å². The molecule has 2 aromatic heterocycles. The van der Waals surface area contributed by atoms with Gasteiger partial charge in [-0.2, -0.15) is 4.99 Å². The first-order valence-electron chi connectivity index (χ1n) is 8.16. The van der Waals surface area contributed by atoms with Gasteiger partial charge in [-0.1, -0.05) is 22.7 Å². The zero-order chi connectivity index (χ0) is 20.3. The number of carbonyl (C=O) groups excluding carboxylic acids is 2. The van der Waals surface area contributed by atoms with Gasteiger partial charge in [0.1, 0.15) is 0 Å². The first-order valence-corrected chi connectivity index (χ1v) is 9.80. The van der Waals surface area contributed by atoms with E-state index in [0.29, 0.717) is 21.8 Å². The van der Waals surface area contributed by atoms with Gasteiger partial charge >= 0.3 is 11.0 Å². The molecule has 3 rings (SSSR count). The molecule has 0 unspecified atom stereocenters. The predicted molar refractivity (Wildman–Crippen MR) is 107 cm³/mol. The zero-order valence-corrected chi connectivity index (χ0v) is 16.6. The Hall–Kier alpha value is -3.11. The van der Waals surface area contributed by atoms with E-state index >= 15 is 0 Å². The van der Waals surface area contributed by atoms with Crippen LogP contribution in [0.15, 0.2) is 41.4 Å². The van der Waals surface area contributed by atoms with E-state index < -0.39 is 16.8 Å². The van der Waals surface area contributed by atoms with Crippen LogP contribution in [-0.2, 0) is 16.6 Å². The van der Waals surface area contributed by atoms with Gasteiger partial charge in [0.25, 0.3) is 5.91 Å². The van der Waals surface area contributed by atoms with E-state index in [9.17, 15) is 19.7 Å². The summed E-state index contributed by atoms with van der Waals surface area (Å²) in [5, 5.41) is 10.7. The molecule has 0 aliphatic rings. The molecule has 28 heavy (non-hydrogen) atoms. The molecule has 1 amide bonds. The van der Waals surface area contributed by atoms with E-state index in [2.05, 4.69) is 4.99 Å². The van der Waals surface area contributed by atoms with Crippen LogP contribution in [0.5, 0.6) is 0 Å². The summed E-state index contributed by atoms with van der Waals surface area (Å²) in [6, 6.07) is 8.12. The van der Waals surface area contributed by atoms with Crippen LogP contribution in [0.3, 0.4) is 0 Å². The smallest absolute Gasteiger partial charge is 0.338 e. The Labute approximate surface area is 167 Å². The fourth-order valence-electron chi connectivity index (χ4n) is 2.40. The highest BCUT2D eigenvalue weighted by Gasteiger charge is 2.11. The number of rotatable bonds is 5. The molecular formula is C18H15N3O5S2. The second kappa shape index (κ2) is 8.28. The molecule has 1 aromatic carbocycles. The van der Waals surface area contributed by atoms with Crippen molar-refractivity contribution in [3.05, 3.63) is 61.8 Å². The number of carbonyl (C=O) groups is 2. The first kappa shape index (κ1) is 19.6. The number of esters is 1. The van der Waals surface area contributed by atoms with Gasteiger partial charge in [-0.15, -0.1) is 0 Å². The lowest BCUT2D eigenvalue weighted by molar-refractivity contribution is -0.380. The molecule has 0 saturated heterocycles. The SMILES string of the molecule is CCOC(=O)c1ccc2c(c1)sc(=NC(=O)C=Cc1ccc([N+](=O)[O-])s1)n2C. The molecule has 0 aliphatic heterocycles. The Balaban J connectivity index is 1.86. The lowest BCUT2D eigenvalue weighted by Gasteiger charge is -2.01. The van der Waals surface area contributed by atoms with E-state index in [1.165, 1.54) is 29.6 Å². The number of nitro groups is 1. The van der Waals surface area contributed by atoms with Crippen molar-refractivity contribution < 1.29 is 19.2 Å². The lowest BCUT2D eigenvalue weighted by Crippen LogP contribution is -2.12. The molecule has 0 fully saturated rings. The predicted octanol–water partition coefficient (Wildman–Crippen LogP) is 3.53. The molecule has 0 aliphatic carbocycles. The molecule has 2 heterocycles. The number of thiophene rings is 1. The van der Waals surface area contributed by atoms with Gasteiger partial charge in [0.05, 0.1) is 27.3 Å². The Morgan fingerprint density at radius 2 is 2.07 bits per heavy atom. The molecule has 3 aromatic rings. The normalized spacial score (nSPS) is 12.0. The number of hydrogen-bond donors (Lipinski definition) is 0. The summed E-state index contributed by atoms with van der Waals surface area (Å²) in [7, 11) is 1.78. The van der Waals surface area contributed by atoms with Crippen LogP contribution in [0.2, 0.25) is 0 Å². The zero-order valence-electron chi connectivity index (χ0n) is 14.9. The maximum Gasteiger partial charge on any atom is 0.338 e. The van der Waals surface area contributed by atoms with Crippen molar-refractivity contribution in [3.8, 4) is 0 Å². The fourth-order valence-corrected chi connectivity index (χ4v) is 4.18. The first-order chi connectivity index (χ1) is 13.4. The van der Waals surface area contributed by atoms with Gasteiger partial charge in [0.2, 0.25) is 0 Å². The van der Waals surface area contributed by atoms with Crippen molar-refractivity contribution in [1.82, 2.24) is 4.57 Å². The Bertz CT molecular complexity index is 1170. The maximum atomic E-state index is 12.2. The van der Waals surface area contributed by atoms with Crippen molar-refractivity contribution in [1.29, 1.82) is 0 Å². The summed E-state index contributed by atoms with van der Waals surface area (Å²) >= 11 is 2.26. The number of benzene rings is 1. The van der Waals surface area contributed by atoms with E-state index in [1.54, 1.807) is 42.8 Å². The number of amides is 1. The third kappa shape index (κ3) is 4.24. The quantitative estimate of drug-likeness (QED) is 0.273.